The van der Waals surface area contributed by atoms with E-state index in [4.69, 9.17) is 9.26 Å². The topological polar surface area (TPSA) is 77.2 Å². The summed E-state index contributed by atoms with van der Waals surface area (Å²) < 4.78 is 10.7. The number of aryl methyl sites for hydroxylation is 3. The van der Waals surface area contributed by atoms with Gasteiger partial charge in [-0.2, -0.15) is 4.98 Å². The molecule has 0 saturated heterocycles. The minimum atomic E-state index is -0.351. The Labute approximate surface area is 145 Å². The predicted octanol–water partition coefficient (Wildman–Crippen LogP) is 3.68. The van der Waals surface area contributed by atoms with Gasteiger partial charge in [0.1, 0.15) is 5.75 Å². The zero-order valence-corrected chi connectivity index (χ0v) is 14.4. The Kier molecular flexibility index (Phi) is 4.79. The number of hydrogen-bond acceptors (Lipinski definition) is 5. The Morgan fingerprint density at radius 3 is 2.56 bits per heavy atom. The highest BCUT2D eigenvalue weighted by molar-refractivity contribution is 5.90. The molecule has 25 heavy (non-hydrogen) atoms. The molecule has 0 fully saturated rings. The van der Waals surface area contributed by atoms with Gasteiger partial charge in [-0.25, -0.2) is 0 Å². The highest BCUT2D eigenvalue weighted by atomic mass is 16.5. The van der Waals surface area contributed by atoms with Crippen molar-refractivity contribution in [2.45, 2.75) is 20.8 Å². The van der Waals surface area contributed by atoms with E-state index in [1.165, 1.54) is 0 Å². The summed E-state index contributed by atoms with van der Waals surface area (Å²) in [5, 5.41) is 6.35. The van der Waals surface area contributed by atoms with Gasteiger partial charge in [-0.15, -0.1) is 0 Å². The van der Waals surface area contributed by atoms with Crippen molar-refractivity contribution < 1.29 is 14.1 Å². The predicted molar refractivity (Wildman–Crippen MR) is 94.5 cm³/mol. The Balaban J connectivity index is 1.61. The van der Waals surface area contributed by atoms with E-state index < -0.39 is 0 Å². The van der Waals surface area contributed by atoms with Gasteiger partial charge in [-0.3, -0.25) is 10.1 Å². The van der Waals surface area contributed by atoms with E-state index in [1.807, 2.05) is 63.2 Å². The van der Waals surface area contributed by atoms with Crippen molar-refractivity contribution in [1.82, 2.24) is 10.1 Å². The molecule has 1 aromatic heterocycles. The smallest absolute Gasteiger partial charge is 0.270 e. The first-order valence-electron chi connectivity index (χ1n) is 7.92. The molecule has 1 amide bonds. The quantitative estimate of drug-likeness (QED) is 0.768. The molecule has 0 aliphatic heterocycles. The van der Waals surface area contributed by atoms with Gasteiger partial charge in [0.2, 0.25) is 0 Å². The van der Waals surface area contributed by atoms with Gasteiger partial charge in [0.15, 0.2) is 6.61 Å². The number of rotatable bonds is 5. The van der Waals surface area contributed by atoms with Crippen LogP contribution >= 0.6 is 0 Å². The van der Waals surface area contributed by atoms with E-state index in [9.17, 15) is 4.79 Å². The molecule has 6 heteroatoms. The van der Waals surface area contributed by atoms with Crippen molar-refractivity contribution in [1.29, 1.82) is 0 Å². The molecule has 0 saturated carbocycles. The van der Waals surface area contributed by atoms with Crippen molar-refractivity contribution in [3.63, 3.8) is 0 Å². The zero-order chi connectivity index (χ0) is 17.8. The standard InChI is InChI=1S/C19H19N3O3/c1-12-8-13(2)10-15(9-12)24-11-17(23)20-19-21-18(25-22-19)16-7-5-4-6-14(16)3/h4-10H,11H2,1-3H3,(H,20,22,23). The number of nitrogens with zero attached hydrogens (tertiary/aromatic N) is 2. The van der Waals surface area contributed by atoms with Gasteiger partial charge in [0, 0.05) is 5.56 Å². The Morgan fingerprint density at radius 1 is 1.12 bits per heavy atom. The number of ether oxygens (including phenoxy) is 1. The van der Waals surface area contributed by atoms with Crippen molar-refractivity contribution >= 4 is 11.9 Å². The summed E-state index contributed by atoms with van der Waals surface area (Å²) in [7, 11) is 0. The Morgan fingerprint density at radius 2 is 1.84 bits per heavy atom. The van der Waals surface area contributed by atoms with Gasteiger partial charge in [-0.05, 0) is 60.8 Å². The third kappa shape index (κ3) is 4.23. The molecule has 0 bridgehead atoms. The molecule has 0 spiro atoms. The third-order valence-corrected chi connectivity index (χ3v) is 3.62. The van der Waals surface area contributed by atoms with Gasteiger partial charge in [-0.1, -0.05) is 24.3 Å². The zero-order valence-electron chi connectivity index (χ0n) is 14.4. The molecule has 1 heterocycles. The van der Waals surface area contributed by atoms with E-state index in [1.54, 1.807) is 0 Å². The molecule has 0 aliphatic rings. The SMILES string of the molecule is Cc1cc(C)cc(OCC(=O)Nc2noc(-c3ccccc3C)n2)c1. The van der Waals surface area contributed by atoms with E-state index in [0.717, 1.165) is 22.3 Å². The molecule has 128 valence electrons. The van der Waals surface area contributed by atoms with Crippen LogP contribution in [0.5, 0.6) is 5.75 Å². The highest BCUT2D eigenvalue weighted by Crippen LogP contribution is 2.22. The van der Waals surface area contributed by atoms with Crippen LogP contribution in [0.1, 0.15) is 16.7 Å². The fraction of sp³-hybridized carbons (Fsp3) is 0.211. The van der Waals surface area contributed by atoms with Crippen molar-refractivity contribution in [2.24, 2.45) is 0 Å². The Hall–Kier alpha value is -3.15. The first-order valence-corrected chi connectivity index (χ1v) is 7.92. The number of nitrogens with one attached hydrogen (secondary N) is 1. The molecular weight excluding hydrogens is 318 g/mol. The molecule has 0 atom stereocenters. The summed E-state index contributed by atoms with van der Waals surface area (Å²) in [6.07, 6.45) is 0. The maximum Gasteiger partial charge on any atom is 0.270 e. The van der Waals surface area contributed by atoms with Crippen LogP contribution in [0.3, 0.4) is 0 Å². The number of carbonyl (C=O) groups excluding carboxylic acids is 1. The van der Waals surface area contributed by atoms with E-state index in [0.29, 0.717) is 11.6 Å². The minimum absolute atomic E-state index is 0.118. The lowest BCUT2D eigenvalue weighted by atomic mass is 10.1. The average molecular weight is 337 g/mol. The van der Waals surface area contributed by atoms with Gasteiger partial charge in [0.25, 0.3) is 17.7 Å². The van der Waals surface area contributed by atoms with Gasteiger partial charge >= 0.3 is 0 Å². The summed E-state index contributed by atoms with van der Waals surface area (Å²) in [4.78, 5) is 16.2. The maximum absolute atomic E-state index is 12.0. The van der Waals surface area contributed by atoms with Crippen molar-refractivity contribution in [3.05, 3.63) is 59.2 Å². The van der Waals surface area contributed by atoms with Crippen LogP contribution < -0.4 is 10.1 Å². The van der Waals surface area contributed by atoms with Crippen LogP contribution in [0.25, 0.3) is 11.5 Å². The fourth-order valence-corrected chi connectivity index (χ4v) is 2.52. The second-order valence-corrected chi connectivity index (χ2v) is 5.90. The molecule has 0 unspecified atom stereocenters. The highest BCUT2D eigenvalue weighted by Gasteiger charge is 2.13. The number of hydrogen-bond donors (Lipinski definition) is 1. The largest absolute Gasteiger partial charge is 0.484 e. The summed E-state index contributed by atoms with van der Waals surface area (Å²) in [5.41, 5.74) is 4.01. The summed E-state index contributed by atoms with van der Waals surface area (Å²) in [6.45, 7) is 5.78. The lowest BCUT2D eigenvalue weighted by Crippen LogP contribution is -2.20. The van der Waals surface area contributed by atoms with E-state index in [-0.39, 0.29) is 18.5 Å². The van der Waals surface area contributed by atoms with Crippen LogP contribution in [0.4, 0.5) is 5.95 Å². The number of aromatic nitrogens is 2. The minimum Gasteiger partial charge on any atom is -0.484 e. The number of amides is 1. The number of anilines is 1. The van der Waals surface area contributed by atoms with Crippen molar-refractivity contribution in [3.8, 4) is 17.2 Å². The molecule has 3 rings (SSSR count). The van der Waals surface area contributed by atoms with Crippen LogP contribution in [-0.4, -0.2) is 22.7 Å². The van der Waals surface area contributed by atoms with Crippen LogP contribution in [0, 0.1) is 20.8 Å². The fourth-order valence-electron chi connectivity index (χ4n) is 2.52. The lowest BCUT2D eigenvalue weighted by molar-refractivity contribution is -0.118. The monoisotopic (exact) mass is 337 g/mol. The number of carbonyl (C=O) groups is 1. The van der Waals surface area contributed by atoms with Gasteiger partial charge in [0.05, 0.1) is 0 Å². The molecule has 1 N–H and O–H groups in total. The first kappa shape index (κ1) is 16.7. The van der Waals surface area contributed by atoms with E-state index in [2.05, 4.69) is 15.5 Å². The van der Waals surface area contributed by atoms with Gasteiger partial charge < -0.3 is 9.26 Å². The Bertz CT molecular complexity index is 882. The average Bonchev–Trinajstić information content (AvgIpc) is 3.01. The second-order valence-electron chi connectivity index (χ2n) is 5.90. The molecule has 6 nitrogen and oxygen atoms in total. The van der Waals surface area contributed by atoms with Crippen LogP contribution in [-0.2, 0) is 4.79 Å². The van der Waals surface area contributed by atoms with Crippen LogP contribution in [0.2, 0.25) is 0 Å². The molecule has 2 aromatic carbocycles. The van der Waals surface area contributed by atoms with Crippen LogP contribution in [0.15, 0.2) is 47.0 Å². The molecular formula is C19H19N3O3. The summed E-state index contributed by atoms with van der Waals surface area (Å²) >= 11 is 0. The molecule has 0 radical (unpaired) electrons. The van der Waals surface area contributed by atoms with Crippen molar-refractivity contribution in [2.75, 3.05) is 11.9 Å². The molecule has 0 aliphatic carbocycles. The van der Waals surface area contributed by atoms with E-state index >= 15 is 0 Å². The number of benzene rings is 2. The lowest BCUT2D eigenvalue weighted by Gasteiger charge is -2.07. The molecule has 3 aromatic rings. The third-order valence-electron chi connectivity index (χ3n) is 3.62. The maximum atomic E-state index is 12.0. The normalized spacial score (nSPS) is 10.5. The first-order chi connectivity index (χ1) is 12.0. The summed E-state index contributed by atoms with van der Waals surface area (Å²) in [6, 6.07) is 13.5. The summed E-state index contributed by atoms with van der Waals surface area (Å²) in [5.74, 6) is 0.786. The second kappa shape index (κ2) is 7.17.